The molecular weight excluding hydrogens is 308 g/mol. The second-order valence-electron chi connectivity index (χ2n) is 6.15. The molecule has 2 heterocycles. The molecule has 0 radical (unpaired) electrons. The van der Waals surface area contributed by atoms with Crippen LogP contribution in [0.1, 0.15) is 36.4 Å². The Labute approximate surface area is 141 Å². The summed E-state index contributed by atoms with van der Waals surface area (Å²) in [6.07, 6.45) is 1.99. The van der Waals surface area contributed by atoms with Crippen molar-refractivity contribution in [2.24, 2.45) is 0 Å². The van der Waals surface area contributed by atoms with Gasteiger partial charge in [0.2, 0.25) is 5.13 Å². The van der Waals surface area contributed by atoms with Crippen LogP contribution in [0.15, 0.2) is 30.3 Å². The molecule has 0 amide bonds. The zero-order valence-corrected chi connectivity index (χ0v) is 14.5. The number of ether oxygens (including phenoxy) is 1. The van der Waals surface area contributed by atoms with Crippen molar-refractivity contribution < 1.29 is 4.74 Å². The number of nitrogens with one attached hydrogen (secondary N) is 2. The minimum Gasteiger partial charge on any atom is -0.381 e. The molecule has 1 fully saturated rings. The normalized spacial score (nSPS) is 18.5. The summed E-state index contributed by atoms with van der Waals surface area (Å²) >= 11 is 1.60. The van der Waals surface area contributed by atoms with Gasteiger partial charge in [-0.15, -0.1) is 10.2 Å². The monoisotopic (exact) mass is 332 g/mol. The van der Waals surface area contributed by atoms with Crippen molar-refractivity contribution >= 4 is 16.5 Å². The average molecular weight is 332 g/mol. The Balaban J connectivity index is 1.68. The number of hydrogen-bond donors (Lipinski definition) is 2. The highest BCUT2D eigenvalue weighted by molar-refractivity contribution is 7.15. The third-order valence-electron chi connectivity index (χ3n) is 4.38. The van der Waals surface area contributed by atoms with Gasteiger partial charge in [0.15, 0.2) is 0 Å². The quantitative estimate of drug-likeness (QED) is 0.851. The number of anilines is 1. The summed E-state index contributed by atoms with van der Waals surface area (Å²) in [6, 6.07) is 10.9. The first-order chi connectivity index (χ1) is 11.2. The maximum absolute atomic E-state index is 5.58. The lowest BCUT2D eigenvalue weighted by atomic mass is 9.88. The maximum Gasteiger partial charge on any atom is 0.205 e. The summed E-state index contributed by atoms with van der Waals surface area (Å²) in [5.74, 6) is 0. The van der Waals surface area contributed by atoms with Crippen LogP contribution < -0.4 is 10.6 Å². The van der Waals surface area contributed by atoms with E-state index in [0.717, 1.165) is 42.7 Å². The summed E-state index contributed by atoms with van der Waals surface area (Å²) < 4.78 is 5.58. The van der Waals surface area contributed by atoms with Gasteiger partial charge in [-0.2, -0.15) is 0 Å². The van der Waals surface area contributed by atoms with E-state index in [2.05, 4.69) is 58.1 Å². The molecular formula is C17H24N4OS. The van der Waals surface area contributed by atoms with Crippen LogP contribution in [0.5, 0.6) is 0 Å². The molecule has 0 unspecified atom stereocenters. The van der Waals surface area contributed by atoms with Crippen molar-refractivity contribution in [3.8, 4) is 0 Å². The SMILES string of the molecule is Cc1nnc(NCC2(N[C@H](C)c3ccccc3)CCOCC2)s1. The lowest BCUT2D eigenvalue weighted by molar-refractivity contribution is 0.0389. The molecule has 124 valence electrons. The van der Waals surface area contributed by atoms with Gasteiger partial charge in [0, 0.05) is 31.3 Å². The van der Waals surface area contributed by atoms with Gasteiger partial charge < -0.3 is 15.4 Å². The van der Waals surface area contributed by atoms with Gasteiger partial charge in [0.1, 0.15) is 5.01 Å². The topological polar surface area (TPSA) is 59.1 Å². The minimum atomic E-state index is 0.0209. The van der Waals surface area contributed by atoms with Gasteiger partial charge in [-0.25, -0.2) is 0 Å². The van der Waals surface area contributed by atoms with Crippen LogP contribution in [0.2, 0.25) is 0 Å². The number of aromatic nitrogens is 2. The Morgan fingerprint density at radius 2 is 1.96 bits per heavy atom. The van der Waals surface area contributed by atoms with E-state index in [9.17, 15) is 0 Å². The van der Waals surface area contributed by atoms with Crippen molar-refractivity contribution in [2.45, 2.75) is 38.3 Å². The van der Waals surface area contributed by atoms with Crippen molar-refractivity contribution in [3.63, 3.8) is 0 Å². The van der Waals surface area contributed by atoms with Crippen LogP contribution in [-0.4, -0.2) is 35.5 Å². The van der Waals surface area contributed by atoms with Crippen molar-refractivity contribution in [3.05, 3.63) is 40.9 Å². The fourth-order valence-electron chi connectivity index (χ4n) is 3.03. The molecule has 1 aliphatic rings. The van der Waals surface area contributed by atoms with Gasteiger partial charge in [-0.1, -0.05) is 41.7 Å². The average Bonchev–Trinajstić information content (AvgIpc) is 3.00. The Hall–Kier alpha value is -1.50. The highest BCUT2D eigenvalue weighted by Crippen LogP contribution is 2.26. The Kier molecular flexibility index (Phi) is 5.25. The number of aryl methyl sites for hydroxylation is 1. The smallest absolute Gasteiger partial charge is 0.205 e. The van der Waals surface area contributed by atoms with Crippen molar-refractivity contribution in [1.82, 2.24) is 15.5 Å². The Bertz CT molecular complexity index is 610. The van der Waals surface area contributed by atoms with Crippen molar-refractivity contribution in [2.75, 3.05) is 25.1 Å². The fraction of sp³-hybridized carbons (Fsp3) is 0.529. The largest absolute Gasteiger partial charge is 0.381 e. The van der Waals surface area contributed by atoms with Crippen LogP contribution in [-0.2, 0) is 4.74 Å². The summed E-state index contributed by atoms with van der Waals surface area (Å²) in [5, 5.41) is 17.4. The Morgan fingerprint density at radius 1 is 1.22 bits per heavy atom. The van der Waals surface area contributed by atoms with Crippen LogP contribution in [0.4, 0.5) is 5.13 Å². The number of hydrogen-bond acceptors (Lipinski definition) is 6. The van der Waals surface area contributed by atoms with Gasteiger partial charge in [0.25, 0.3) is 0 Å². The highest BCUT2D eigenvalue weighted by atomic mass is 32.1. The standard InChI is InChI=1S/C17H24N4OS/c1-13(15-6-4-3-5-7-15)19-17(8-10-22-11-9-17)12-18-16-21-20-14(2)23-16/h3-7,13,19H,8-12H2,1-2H3,(H,18,21)/t13-/m1/s1. The fourth-order valence-corrected chi connectivity index (χ4v) is 3.62. The molecule has 1 atom stereocenters. The molecule has 0 saturated carbocycles. The summed E-state index contributed by atoms with van der Waals surface area (Å²) in [4.78, 5) is 0. The van der Waals surface area contributed by atoms with E-state index in [-0.39, 0.29) is 5.54 Å². The van der Waals surface area contributed by atoms with Crippen LogP contribution in [0, 0.1) is 6.92 Å². The van der Waals surface area contributed by atoms with E-state index >= 15 is 0 Å². The van der Waals surface area contributed by atoms with Gasteiger partial charge in [-0.3, -0.25) is 0 Å². The first-order valence-electron chi connectivity index (χ1n) is 8.11. The van der Waals surface area contributed by atoms with Crippen LogP contribution in [0.25, 0.3) is 0 Å². The predicted octanol–water partition coefficient (Wildman–Crippen LogP) is 3.16. The zero-order chi connectivity index (χ0) is 16.1. The molecule has 5 nitrogen and oxygen atoms in total. The molecule has 0 aliphatic carbocycles. The highest BCUT2D eigenvalue weighted by Gasteiger charge is 2.34. The molecule has 2 aromatic rings. The number of nitrogens with zero attached hydrogens (tertiary/aromatic N) is 2. The van der Waals surface area contributed by atoms with Crippen LogP contribution >= 0.6 is 11.3 Å². The number of rotatable bonds is 6. The first-order valence-corrected chi connectivity index (χ1v) is 8.93. The van der Waals surface area contributed by atoms with Gasteiger partial charge >= 0.3 is 0 Å². The lowest BCUT2D eigenvalue weighted by Crippen LogP contribution is -2.54. The molecule has 1 aromatic heterocycles. The maximum atomic E-state index is 5.58. The number of benzene rings is 1. The lowest BCUT2D eigenvalue weighted by Gasteiger charge is -2.40. The second-order valence-corrected chi connectivity index (χ2v) is 7.33. The third-order valence-corrected chi connectivity index (χ3v) is 5.17. The van der Waals surface area contributed by atoms with E-state index in [4.69, 9.17) is 4.74 Å². The van der Waals surface area contributed by atoms with Gasteiger partial charge in [0.05, 0.1) is 0 Å². The summed E-state index contributed by atoms with van der Waals surface area (Å²) in [5.41, 5.74) is 1.33. The summed E-state index contributed by atoms with van der Waals surface area (Å²) in [6.45, 7) is 6.63. The first kappa shape index (κ1) is 16.4. The molecule has 23 heavy (non-hydrogen) atoms. The molecule has 6 heteroatoms. The van der Waals surface area contributed by atoms with Gasteiger partial charge in [-0.05, 0) is 32.3 Å². The molecule has 3 rings (SSSR count). The van der Waals surface area contributed by atoms with E-state index in [1.54, 1.807) is 11.3 Å². The van der Waals surface area contributed by atoms with E-state index in [1.807, 2.05) is 6.92 Å². The molecule has 1 aliphatic heterocycles. The Morgan fingerprint density at radius 3 is 2.61 bits per heavy atom. The zero-order valence-electron chi connectivity index (χ0n) is 13.7. The molecule has 1 saturated heterocycles. The third kappa shape index (κ3) is 4.28. The summed E-state index contributed by atoms with van der Waals surface area (Å²) in [7, 11) is 0. The molecule has 2 N–H and O–H groups in total. The second kappa shape index (κ2) is 7.38. The van der Waals surface area contributed by atoms with E-state index in [0.29, 0.717) is 6.04 Å². The molecule has 0 spiro atoms. The van der Waals surface area contributed by atoms with E-state index in [1.165, 1.54) is 5.56 Å². The van der Waals surface area contributed by atoms with Crippen LogP contribution in [0.3, 0.4) is 0 Å². The molecule has 0 bridgehead atoms. The van der Waals surface area contributed by atoms with E-state index < -0.39 is 0 Å². The predicted molar refractivity (Wildman–Crippen MR) is 93.9 cm³/mol. The minimum absolute atomic E-state index is 0.0209. The molecule has 1 aromatic carbocycles. The van der Waals surface area contributed by atoms with Crippen molar-refractivity contribution in [1.29, 1.82) is 0 Å².